The molecular weight excluding hydrogens is 228 g/mol. The van der Waals surface area contributed by atoms with Crippen LogP contribution in [0.2, 0.25) is 0 Å². The Balaban J connectivity index is 1.60. The van der Waals surface area contributed by atoms with Crippen molar-refractivity contribution in [3.63, 3.8) is 0 Å². The Morgan fingerprint density at radius 3 is 2.83 bits per heavy atom. The van der Waals surface area contributed by atoms with Crippen LogP contribution in [0.5, 0.6) is 0 Å². The van der Waals surface area contributed by atoms with Crippen LogP contribution in [-0.2, 0) is 11.2 Å². The molecule has 3 rings (SSSR count). The molecule has 0 aliphatic heterocycles. The van der Waals surface area contributed by atoms with E-state index in [1.54, 1.807) is 7.11 Å². The quantitative estimate of drug-likeness (QED) is 0.890. The fourth-order valence-corrected chi connectivity index (χ4v) is 3.28. The van der Waals surface area contributed by atoms with E-state index < -0.39 is 5.60 Å². The van der Waals surface area contributed by atoms with Gasteiger partial charge >= 0.3 is 0 Å². The summed E-state index contributed by atoms with van der Waals surface area (Å²) < 4.78 is 7.32. The average Bonchev–Trinajstić information content (AvgIpc) is 2.94. The van der Waals surface area contributed by atoms with Gasteiger partial charge in [-0.25, -0.2) is 0 Å². The molecule has 18 heavy (non-hydrogen) atoms. The monoisotopic (exact) mass is 250 g/mol. The number of nitrogens with zero attached hydrogens (tertiary/aromatic N) is 2. The highest BCUT2D eigenvalue weighted by Crippen LogP contribution is 2.37. The summed E-state index contributed by atoms with van der Waals surface area (Å²) in [6, 6.07) is 2.64. The third-order valence-electron chi connectivity index (χ3n) is 4.42. The zero-order valence-corrected chi connectivity index (χ0v) is 11.0. The van der Waals surface area contributed by atoms with E-state index in [4.69, 9.17) is 4.74 Å². The van der Waals surface area contributed by atoms with Crippen molar-refractivity contribution in [1.29, 1.82) is 0 Å². The molecule has 0 unspecified atom stereocenters. The van der Waals surface area contributed by atoms with Crippen LogP contribution >= 0.6 is 0 Å². The number of aromatic nitrogens is 2. The molecule has 0 atom stereocenters. The molecule has 0 aromatic carbocycles. The molecule has 1 aromatic rings. The van der Waals surface area contributed by atoms with E-state index in [9.17, 15) is 5.11 Å². The van der Waals surface area contributed by atoms with Crippen molar-refractivity contribution in [2.75, 3.05) is 7.11 Å². The molecule has 4 heteroatoms. The maximum Gasteiger partial charge on any atom is 0.0753 e. The van der Waals surface area contributed by atoms with Crippen LogP contribution in [0.3, 0.4) is 0 Å². The van der Waals surface area contributed by atoms with Crippen LogP contribution in [0.1, 0.15) is 50.3 Å². The number of hydrogen-bond donors (Lipinski definition) is 1. The first-order valence-electron chi connectivity index (χ1n) is 6.98. The molecule has 1 N–H and O–H groups in total. The molecule has 0 spiro atoms. The molecule has 2 saturated carbocycles. The van der Waals surface area contributed by atoms with E-state index in [-0.39, 0.29) is 6.10 Å². The summed E-state index contributed by atoms with van der Waals surface area (Å²) >= 11 is 0. The van der Waals surface area contributed by atoms with Crippen LogP contribution < -0.4 is 0 Å². The molecule has 2 aliphatic rings. The normalized spacial score (nSPS) is 32.7. The summed E-state index contributed by atoms with van der Waals surface area (Å²) in [7, 11) is 1.71. The minimum Gasteiger partial charge on any atom is -0.389 e. The van der Waals surface area contributed by atoms with Crippen molar-refractivity contribution in [1.82, 2.24) is 9.78 Å². The van der Waals surface area contributed by atoms with E-state index >= 15 is 0 Å². The van der Waals surface area contributed by atoms with Crippen LogP contribution in [0.15, 0.2) is 12.3 Å². The predicted octanol–water partition coefficient (Wildman–Crippen LogP) is 2.08. The predicted molar refractivity (Wildman–Crippen MR) is 68.4 cm³/mol. The molecule has 2 fully saturated rings. The van der Waals surface area contributed by atoms with Crippen molar-refractivity contribution in [3.8, 4) is 0 Å². The third kappa shape index (κ3) is 2.31. The molecule has 2 aliphatic carbocycles. The maximum absolute atomic E-state index is 10.3. The van der Waals surface area contributed by atoms with Gasteiger partial charge in [-0.05, 0) is 18.9 Å². The first-order chi connectivity index (χ1) is 8.68. The van der Waals surface area contributed by atoms with E-state index in [2.05, 4.69) is 22.0 Å². The number of rotatable bonds is 4. The Bertz CT molecular complexity index is 404. The second kappa shape index (κ2) is 4.67. The number of aliphatic hydroxyl groups is 1. The fourth-order valence-electron chi connectivity index (χ4n) is 3.28. The SMILES string of the molecule is COC1CC(O)(Cc2ccn(C3CCCC3)n2)C1. The van der Waals surface area contributed by atoms with Gasteiger partial charge in [-0.1, -0.05) is 12.8 Å². The van der Waals surface area contributed by atoms with Gasteiger partial charge in [0.05, 0.1) is 23.4 Å². The lowest BCUT2D eigenvalue weighted by Crippen LogP contribution is -2.49. The highest BCUT2D eigenvalue weighted by Gasteiger charge is 2.43. The topological polar surface area (TPSA) is 47.3 Å². The first-order valence-corrected chi connectivity index (χ1v) is 6.98. The summed E-state index contributed by atoms with van der Waals surface area (Å²) in [5.74, 6) is 0. The van der Waals surface area contributed by atoms with Gasteiger partial charge in [-0.2, -0.15) is 5.10 Å². The Hall–Kier alpha value is -0.870. The minimum atomic E-state index is -0.588. The lowest BCUT2D eigenvalue weighted by molar-refractivity contribution is -0.126. The molecule has 0 amide bonds. The van der Waals surface area contributed by atoms with Gasteiger partial charge < -0.3 is 9.84 Å². The molecular formula is C14H22N2O2. The summed E-state index contributed by atoms with van der Waals surface area (Å²) in [6.45, 7) is 0. The van der Waals surface area contributed by atoms with Gasteiger partial charge in [0.1, 0.15) is 0 Å². The lowest BCUT2D eigenvalue weighted by atomic mass is 9.74. The fraction of sp³-hybridized carbons (Fsp3) is 0.786. The summed E-state index contributed by atoms with van der Waals surface area (Å²) in [5, 5.41) is 14.9. The van der Waals surface area contributed by atoms with Crippen molar-refractivity contribution in [2.24, 2.45) is 0 Å². The highest BCUT2D eigenvalue weighted by atomic mass is 16.5. The van der Waals surface area contributed by atoms with E-state index in [1.807, 2.05) is 0 Å². The number of ether oxygens (including phenoxy) is 1. The lowest BCUT2D eigenvalue weighted by Gasteiger charge is -2.42. The number of hydrogen-bond acceptors (Lipinski definition) is 3. The largest absolute Gasteiger partial charge is 0.389 e. The molecule has 0 bridgehead atoms. The van der Waals surface area contributed by atoms with Gasteiger partial charge in [0, 0.05) is 32.6 Å². The third-order valence-corrected chi connectivity index (χ3v) is 4.42. The summed E-state index contributed by atoms with van der Waals surface area (Å²) in [4.78, 5) is 0. The van der Waals surface area contributed by atoms with Gasteiger partial charge in [0.2, 0.25) is 0 Å². The first kappa shape index (κ1) is 12.2. The molecule has 0 saturated heterocycles. The number of methoxy groups -OCH3 is 1. The maximum atomic E-state index is 10.3. The molecule has 4 nitrogen and oxygen atoms in total. The van der Waals surface area contributed by atoms with E-state index in [0.29, 0.717) is 12.5 Å². The van der Waals surface area contributed by atoms with Gasteiger partial charge in [-0.15, -0.1) is 0 Å². The van der Waals surface area contributed by atoms with E-state index in [1.165, 1.54) is 25.7 Å². The summed E-state index contributed by atoms with van der Waals surface area (Å²) in [5.41, 5.74) is 0.425. The van der Waals surface area contributed by atoms with Crippen molar-refractivity contribution in [2.45, 2.75) is 62.7 Å². The Labute approximate surface area is 108 Å². The van der Waals surface area contributed by atoms with Crippen LogP contribution in [0.25, 0.3) is 0 Å². The van der Waals surface area contributed by atoms with Crippen molar-refractivity contribution in [3.05, 3.63) is 18.0 Å². The van der Waals surface area contributed by atoms with Crippen LogP contribution in [-0.4, -0.2) is 33.7 Å². The van der Waals surface area contributed by atoms with Gasteiger partial charge in [-0.3, -0.25) is 4.68 Å². The second-order valence-corrected chi connectivity index (χ2v) is 5.89. The standard InChI is InChI=1S/C14H22N2O2/c1-18-13-9-14(17,10-13)8-11-6-7-16(15-11)12-4-2-3-5-12/h6-7,12-13,17H,2-5,8-10H2,1H3. The Kier molecular flexibility index (Phi) is 3.16. The van der Waals surface area contributed by atoms with Crippen LogP contribution in [0, 0.1) is 0 Å². The average molecular weight is 250 g/mol. The summed E-state index contributed by atoms with van der Waals surface area (Å²) in [6.07, 6.45) is 9.56. The van der Waals surface area contributed by atoms with Crippen LogP contribution in [0.4, 0.5) is 0 Å². The van der Waals surface area contributed by atoms with Gasteiger partial charge in [0.25, 0.3) is 0 Å². The smallest absolute Gasteiger partial charge is 0.0753 e. The molecule has 0 radical (unpaired) electrons. The van der Waals surface area contributed by atoms with Gasteiger partial charge in [0.15, 0.2) is 0 Å². The zero-order chi connectivity index (χ0) is 12.6. The van der Waals surface area contributed by atoms with Crippen molar-refractivity contribution < 1.29 is 9.84 Å². The Morgan fingerprint density at radius 1 is 1.44 bits per heavy atom. The molecule has 100 valence electrons. The molecule has 1 heterocycles. The van der Waals surface area contributed by atoms with E-state index in [0.717, 1.165) is 18.5 Å². The highest BCUT2D eigenvalue weighted by molar-refractivity contribution is 5.09. The Morgan fingerprint density at radius 2 is 2.17 bits per heavy atom. The molecule has 1 aromatic heterocycles. The minimum absolute atomic E-state index is 0.229. The second-order valence-electron chi connectivity index (χ2n) is 5.89. The zero-order valence-electron chi connectivity index (χ0n) is 11.0. The van der Waals surface area contributed by atoms with Crippen molar-refractivity contribution >= 4 is 0 Å².